The maximum Gasteiger partial charge on any atom is 0.247 e. The number of nitrogens with zero attached hydrogens (tertiary/aromatic N) is 4. The van der Waals surface area contributed by atoms with Crippen LogP contribution in [0.2, 0.25) is 0 Å². The molecular formula is C23H32N4O4S. The van der Waals surface area contributed by atoms with Gasteiger partial charge in [-0.15, -0.1) is 0 Å². The Balaban J connectivity index is 1.74. The SMILES string of the molecule is C[C@@H]1CN([C@H](C)CO)S(=O)(=O)c2ccc(-c3cncnc3)cc2O[C@@H]1CN(C)CC1CC1. The van der Waals surface area contributed by atoms with Gasteiger partial charge in [-0.25, -0.2) is 18.4 Å². The largest absolute Gasteiger partial charge is 0.487 e. The molecule has 2 aromatic rings. The van der Waals surface area contributed by atoms with Crippen LogP contribution in [0, 0.1) is 11.8 Å². The summed E-state index contributed by atoms with van der Waals surface area (Å²) in [7, 11) is -1.75. The first kappa shape index (κ1) is 23.1. The van der Waals surface area contributed by atoms with E-state index in [9.17, 15) is 13.5 Å². The number of hydrogen-bond acceptors (Lipinski definition) is 7. The van der Waals surface area contributed by atoms with Crippen LogP contribution in [0.15, 0.2) is 41.8 Å². The molecule has 1 aromatic carbocycles. The first-order chi connectivity index (χ1) is 15.3. The van der Waals surface area contributed by atoms with Crippen LogP contribution in [0.3, 0.4) is 0 Å². The minimum Gasteiger partial charge on any atom is -0.487 e. The Bertz CT molecular complexity index is 1030. The third kappa shape index (κ3) is 4.96. The van der Waals surface area contributed by atoms with E-state index < -0.39 is 16.1 Å². The third-order valence-electron chi connectivity index (χ3n) is 6.32. The molecule has 32 heavy (non-hydrogen) atoms. The highest BCUT2D eigenvalue weighted by Crippen LogP contribution is 2.36. The standard InChI is InChI=1S/C23H32N4O4S/c1-16-11-27(17(2)14-28)32(29,30)23-7-6-19(20-9-24-15-25-10-20)8-21(23)31-22(16)13-26(3)12-18-4-5-18/h6-10,15-18,22,28H,4-5,11-14H2,1-3H3/t16-,17-,22-/m1/s1. The van der Waals surface area contributed by atoms with Crippen molar-refractivity contribution in [1.29, 1.82) is 0 Å². The van der Waals surface area contributed by atoms with Crippen molar-refractivity contribution < 1.29 is 18.3 Å². The molecular weight excluding hydrogens is 428 g/mol. The molecule has 1 aliphatic heterocycles. The lowest BCUT2D eigenvalue weighted by Crippen LogP contribution is -2.49. The number of sulfonamides is 1. The highest BCUT2D eigenvalue weighted by atomic mass is 32.2. The van der Waals surface area contributed by atoms with Gasteiger partial charge in [-0.3, -0.25) is 0 Å². The number of rotatable bonds is 7. The molecule has 0 unspecified atom stereocenters. The van der Waals surface area contributed by atoms with Gasteiger partial charge in [0.05, 0.1) is 6.61 Å². The normalized spacial score (nSPS) is 24.3. The van der Waals surface area contributed by atoms with E-state index in [1.54, 1.807) is 37.5 Å². The van der Waals surface area contributed by atoms with Crippen LogP contribution in [0.5, 0.6) is 5.75 Å². The molecule has 9 heteroatoms. The number of ether oxygens (including phenoxy) is 1. The minimum absolute atomic E-state index is 0.0581. The number of aliphatic hydroxyl groups excluding tert-OH is 1. The number of likely N-dealkylation sites (N-methyl/N-ethyl adjacent to an activating group) is 1. The van der Waals surface area contributed by atoms with Gasteiger partial charge in [0.2, 0.25) is 10.0 Å². The fourth-order valence-corrected chi connectivity index (χ4v) is 6.02. The molecule has 0 amide bonds. The molecule has 0 radical (unpaired) electrons. The van der Waals surface area contributed by atoms with Gasteiger partial charge in [0, 0.05) is 49.6 Å². The van der Waals surface area contributed by atoms with Crippen molar-refractivity contribution in [2.24, 2.45) is 11.8 Å². The highest BCUT2D eigenvalue weighted by molar-refractivity contribution is 7.89. The van der Waals surface area contributed by atoms with Crippen molar-refractivity contribution in [3.63, 3.8) is 0 Å². The third-order valence-corrected chi connectivity index (χ3v) is 8.34. The van der Waals surface area contributed by atoms with Crippen LogP contribution in [0.25, 0.3) is 11.1 Å². The molecule has 0 bridgehead atoms. The van der Waals surface area contributed by atoms with Crippen molar-refractivity contribution in [2.45, 2.75) is 43.7 Å². The zero-order chi connectivity index (χ0) is 22.9. The molecule has 4 rings (SSSR count). The maximum absolute atomic E-state index is 13.6. The quantitative estimate of drug-likeness (QED) is 0.677. The van der Waals surface area contributed by atoms with E-state index in [-0.39, 0.29) is 23.5 Å². The molecule has 174 valence electrons. The second-order valence-electron chi connectivity index (χ2n) is 9.19. The molecule has 1 aromatic heterocycles. The molecule has 0 saturated heterocycles. The molecule has 1 N–H and O–H groups in total. The van der Waals surface area contributed by atoms with E-state index in [0.29, 0.717) is 18.8 Å². The van der Waals surface area contributed by atoms with E-state index in [1.165, 1.54) is 23.5 Å². The zero-order valence-electron chi connectivity index (χ0n) is 18.9. The number of aromatic nitrogens is 2. The molecule has 2 heterocycles. The van der Waals surface area contributed by atoms with E-state index in [0.717, 1.165) is 23.6 Å². The topological polar surface area (TPSA) is 95.9 Å². The van der Waals surface area contributed by atoms with E-state index in [1.807, 2.05) is 6.92 Å². The Kier molecular flexibility index (Phi) is 6.80. The van der Waals surface area contributed by atoms with Gasteiger partial charge < -0.3 is 14.7 Å². The highest BCUT2D eigenvalue weighted by Gasteiger charge is 2.38. The lowest BCUT2D eigenvalue weighted by molar-refractivity contribution is 0.0741. The summed E-state index contributed by atoms with van der Waals surface area (Å²) in [5.74, 6) is 1.03. The first-order valence-electron chi connectivity index (χ1n) is 11.2. The summed E-state index contributed by atoms with van der Waals surface area (Å²) in [6.45, 7) is 5.53. The van der Waals surface area contributed by atoms with Gasteiger partial charge in [-0.05, 0) is 50.4 Å². The Labute approximate surface area is 190 Å². The van der Waals surface area contributed by atoms with Gasteiger partial charge in [-0.1, -0.05) is 13.0 Å². The molecule has 1 saturated carbocycles. The van der Waals surface area contributed by atoms with Crippen LogP contribution < -0.4 is 4.74 Å². The predicted molar refractivity (Wildman–Crippen MR) is 122 cm³/mol. The fourth-order valence-electron chi connectivity index (χ4n) is 4.19. The van der Waals surface area contributed by atoms with Gasteiger partial charge in [0.15, 0.2) is 0 Å². The summed E-state index contributed by atoms with van der Waals surface area (Å²) in [6.07, 6.45) is 7.20. The van der Waals surface area contributed by atoms with Crippen LogP contribution in [0.4, 0.5) is 0 Å². The second kappa shape index (κ2) is 9.43. The van der Waals surface area contributed by atoms with E-state index >= 15 is 0 Å². The van der Waals surface area contributed by atoms with Crippen LogP contribution in [-0.2, 0) is 10.0 Å². The lowest BCUT2D eigenvalue weighted by atomic mass is 10.0. The average molecular weight is 461 g/mol. The zero-order valence-corrected chi connectivity index (χ0v) is 19.7. The van der Waals surface area contributed by atoms with E-state index in [4.69, 9.17) is 4.74 Å². The average Bonchev–Trinajstić information content (AvgIpc) is 3.59. The summed E-state index contributed by atoms with van der Waals surface area (Å²) in [5.41, 5.74) is 1.58. The Hall–Kier alpha value is -2.07. The first-order valence-corrected chi connectivity index (χ1v) is 12.6. The summed E-state index contributed by atoms with van der Waals surface area (Å²) in [6, 6.07) is 4.57. The molecule has 1 fully saturated rings. The second-order valence-corrected chi connectivity index (χ2v) is 11.1. The summed E-state index contributed by atoms with van der Waals surface area (Å²) < 4.78 is 35.0. The van der Waals surface area contributed by atoms with Crippen LogP contribution >= 0.6 is 0 Å². The van der Waals surface area contributed by atoms with E-state index in [2.05, 4.69) is 21.9 Å². The smallest absolute Gasteiger partial charge is 0.247 e. The summed E-state index contributed by atoms with van der Waals surface area (Å²) in [4.78, 5) is 10.5. The van der Waals surface area contributed by atoms with Crippen molar-refractivity contribution >= 4 is 10.0 Å². The van der Waals surface area contributed by atoms with Gasteiger partial charge >= 0.3 is 0 Å². The maximum atomic E-state index is 13.6. The van der Waals surface area contributed by atoms with Crippen molar-refractivity contribution in [3.8, 4) is 16.9 Å². The molecule has 1 aliphatic carbocycles. The predicted octanol–water partition coefficient (Wildman–Crippen LogP) is 2.25. The molecule has 2 aliphatic rings. The number of hydrogen-bond donors (Lipinski definition) is 1. The van der Waals surface area contributed by atoms with Crippen LogP contribution in [0.1, 0.15) is 26.7 Å². The fraction of sp³-hybridized carbons (Fsp3) is 0.565. The summed E-state index contributed by atoms with van der Waals surface area (Å²) in [5, 5.41) is 9.77. The molecule has 3 atom stereocenters. The van der Waals surface area contributed by atoms with Crippen molar-refractivity contribution in [1.82, 2.24) is 19.2 Å². The number of fused-ring (bicyclic) bond motifs is 1. The molecule has 0 spiro atoms. The lowest BCUT2D eigenvalue weighted by Gasteiger charge is -2.37. The van der Waals surface area contributed by atoms with Crippen molar-refractivity contribution in [3.05, 3.63) is 36.9 Å². The Morgan fingerprint density at radius 1 is 1.22 bits per heavy atom. The van der Waals surface area contributed by atoms with Gasteiger partial charge in [0.1, 0.15) is 23.1 Å². The molecule has 8 nitrogen and oxygen atoms in total. The van der Waals surface area contributed by atoms with Crippen LogP contribution in [-0.4, -0.2) is 78.1 Å². The number of aliphatic hydroxyl groups is 1. The number of benzene rings is 1. The monoisotopic (exact) mass is 460 g/mol. The van der Waals surface area contributed by atoms with Gasteiger partial charge in [0.25, 0.3) is 0 Å². The van der Waals surface area contributed by atoms with Crippen molar-refractivity contribution in [2.75, 3.05) is 33.3 Å². The summed E-state index contributed by atoms with van der Waals surface area (Å²) >= 11 is 0. The Morgan fingerprint density at radius 3 is 2.59 bits per heavy atom. The Morgan fingerprint density at radius 2 is 1.94 bits per heavy atom. The minimum atomic E-state index is -3.84. The van der Waals surface area contributed by atoms with Gasteiger partial charge in [-0.2, -0.15) is 4.31 Å².